The van der Waals surface area contributed by atoms with Crippen LogP contribution < -0.4 is 16.2 Å². The fourth-order valence-electron chi connectivity index (χ4n) is 5.65. The Balaban J connectivity index is 1.34. The van der Waals surface area contributed by atoms with E-state index in [0.29, 0.717) is 29.3 Å². The molecule has 1 fully saturated rings. The molecule has 2 N–H and O–H groups in total. The molecule has 0 unspecified atom stereocenters. The number of amides is 1. The summed E-state index contributed by atoms with van der Waals surface area (Å²) in [5.74, 6) is 3.15. The Morgan fingerprint density at radius 3 is 2.64 bits per heavy atom. The topological polar surface area (TPSA) is 101 Å². The zero-order chi connectivity index (χ0) is 31.1. The minimum Gasteiger partial charge on any atom is -0.379 e. The zero-order valence-electron chi connectivity index (χ0n) is 25.8. The Morgan fingerprint density at radius 2 is 1.89 bits per heavy atom. The van der Waals surface area contributed by atoms with Gasteiger partial charge in [-0.2, -0.15) is 5.10 Å². The summed E-state index contributed by atoms with van der Waals surface area (Å²) in [5, 5.41) is 14.9. The van der Waals surface area contributed by atoms with Gasteiger partial charge in [0.1, 0.15) is 5.69 Å². The Labute approximate surface area is 259 Å². The summed E-state index contributed by atoms with van der Waals surface area (Å²) in [6.07, 6.45) is 14.6. The number of allylic oxidation sites excluding steroid dienone is 3. The van der Waals surface area contributed by atoms with E-state index in [9.17, 15) is 9.59 Å². The summed E-state index contributed by atoms with van der Waals surface area (Å²) < 4.78 is 6.95. The average molecular weight is 593 g/mol. The number of hydrogen-bond acceptors (Lipinski definition) is 7. The number of aryl methyl sites for hydroxylation is 1. The molecule has 0 atom stereocenters. The smallest absolute Gasteiger partial charge is 0.274 e. The van der Waals surface area contributed by atoms with Crippen molar-refractivity contribution in [2.45, 2.75) is 52.5 Å². The number of hydrogen-bond donors (Lipinski definition) is 2. The van der Waals surface area contributed by atoms with Crippen LogP contribution in [0.25, 0.3) is 11.1 Å². The van der Waals surface area contributed by atoms with Gasteiger partial charge in [-0.1, -0.05) is 24.5 Å². The van der Waals surface area contributed by atoms with Crippen LogP contribution in [0.3, 0.4) is 0 Å². The number of morpholine rings is 1. The Bertz CT molecular complexity index is 1670. The quantitative estimate of drug-likeness (QED) is 0.263. The third-order valence-corrected chi connectivity index (χ3v) is 8.23. The van der Waals surface area contributed by atoms with Crippen LogP contribution in [0.15, 0.2) is 70.2 Å². The molecule has 5 rings (SSSR count). The van der Waals surface area contributed by atoms with Crippen molar-refractivity contribution in [1.82, 2.24) is 19.7 Å². The van der Waals surface area contributed by atoms with Gasteiger partial charge in [-0.25, -0.2) is 0 Å². The molecular weight excluding hydrogens is 552 g/mol. The first kappa shape index (κ1) is 30.9. The van der Waals surface area contributed by atoms with Crippen molar-refractivity contribution in [2.24, 2.45) is 7.05 Å². The molecule has 2 aliphatic rings. The maximum absolute atomic E-state index is 13.2. The lowest BCUT2D eigenvalue weighted by atomic mass is 9.99. The third-order valence-electron chi connectivity index (χ3n) is 8.23. The van der Waals surface area contributed by atoms with Gasteiger partial charge in [0.25, 0.3) is 11.5 Å². The highest BCUT2D eigenvalue weighted by Crippen LogP contribution is 2.30. The van der Waals surface area contributed by atoms with Gasteiger partial charge in [0.2, 0.25) is 0 Å². The molecule has 0 radical (unpaired) electrons. The maximum Gasteiger partial charge on any atom is 0.274 e. The number of benzene rings is 1. The molecule has 1 aliphatic heterocycles. The van der Waals surface area contributed by atoms with Crippen molar-refractivity contribution in [2.75, 3.05) is 36.9 Å². The molecule has 3 heterocycles. The van der Waals surface area contributed by atoms with E-state index in [1.807, 2.05) is 56.3 Å². The van der Waals surface area contributed by atoms with E-state index in [4.69, 9.17) is 11.2 Å². The number of terminal acetylenes is 1. The molecule has 9 heteroatoms. The summed E-state index contributed by atoms with van der Waals surface area (Å²) in [6.45, 7) is 7.69. The SMILES string of the molecule is C#CC1=C(/C=C(\C)C(=O)Nc2cccc(-c3cc(Nc4ccc(CN5CCOCC5)nn4)c(=O)n(C)c3)c2C)CCCCC1. The molecule has 3 aromatic rings. The fourth-order valence-corrected chi connectivity index (χ4v) is 5.65. The van der Waals surface area contributed by atoms with Crippen LogP contribution >= 0.6 is 0 Å². The molecule has 228 valence electrons. The standard InChI is InChI=1S/C35H40N6O3/c1-5-26-10-7-6-8-11-27(26)20-24(2)34(42)37-31-13-9-12-30(25(31)3)28-21-32(35(43)40(4)22-28)36-33-15-14-29(38-39-33)23-41-16-18-44-19-17-41/h1,9,12-15,20-22H,6-8,10-11,16-19,23H2,2-4H3,(H,36,39)(H,37,42)/b24-20+. The molecule has 0 saturated carbocycles. The van der Waals surface area contributed by atoms with Crippen molar-refractivity contribution in [1.29, 1.82) is 0 Å². The van der Waals surface area contributed by atoms with Crippen molar-refractivity contribution in [3.63, 3.8) is 0 Å². The second kappa shape index (κ2) is 14.3. The van der Waals surface area contributed by atoms with Gasteiger partial charge in [0, 0.05) is 55.3 Å². The Morgan fingerprint density at radius 1 is 1.09 bits per heavy atom. The van der Waals surface area contributed by atoms with Crippen LogP contribution in [0.2, 0.25) is 0 Å². The second-order valence-corrected chi connectivity index (χ2v) is 11.5. The number of carbonyl (C=O) groups excluding carboxylic acids is 1. The summed E-state index contributed by atoms with van der Waals surface area (Å²) in [4.78, 5) is 28.6. The van der Waals surface area contributed by atoms with E-state index in [1.165, 1.54) is 0 Å². The highest BCUT2D eigenvalue weighted by Gasteiger charge is 2.16. The Hall–Kier alpha value is -4.52. The summed E-state index contributed by atoms with van der Waals surface area (Å²) >= 11 is 0. The number of aromatic nitrogens is 3. The molecule has 1 aromatic carbocycles. The van der Waals surface area contributed by atoms with Crippen LogP contribution in [0.1, 0.15) is 50.3 Å². The van der Waals surface area contributed by atoms with Crippen LogP contribution in [0.5, 0.6) is 0 Å². The van der Waals surface area contributed by atoms with Crippen LogP contribution in [0, 0.1) is 19.3 Å². The minimum atomic E-state index is -0.185. The van der Waals surface area contributed by atoms with E-state index in [0.717, 1.165) is 91.9 Å². The van der Waals surface area contributed by atoms with E-state index in [1.54, 1.807) is 17.8 Å². The summed E-state index contributed by atoms with van der Waals surface area (Å²) in [6, 6.07) is 11.3. The number of rotatable bonds is 8. The van der Waals surface area contributed by atoms with E-state index in [-0.39, 0.29) is 11.5 Å². The molecule has 0 spiro atoms. The summed E-state index contributed by atoms with van der Waals surface area (Å²) in [7, 11) is 1.72. The van der Waals surface area contributed by atoms with Gasteiger partial charge in [0.15, 0.2) is 5.82 Å². The molecule has 1 amide bonds. The first-order valence-electron chi connectivity index (χ1n) is 15.2. The number of nitrogens with one attached hydrogen (secondary N) is 2. The van der Waals surface area contributed by atoms with Gasteiger partial charge < -0.3 is 19.9 Å². The second-order valence-electron chi connectivity index (χ2n) is 11.5. The molecule has 1 aliphatic carbocycles. The predicted octanol–water partition coefficient (Wildman–Crippen LogP) is 5.51. The first-order chi connectivity index (χ1) is 21.3. The minimum absolute atomic E-state index is 0.170. The summed E-state index contributed by atoms with van der Waals surface area (Å²) in [5.41, 5.74) is 7.09. The normalized spacial score (nSPS) is 16.3. The van der Waals surface area contributed by atoms with Crippen LogP contribution in [0.4, 0.5) is 17.2 Å². The molecule has 9 nitrogen and oxygen atoms in total. The van der Waals surface area contributed by atoms with E-state index in [2.05, 4.69) is 31.7 Å². The van der Waals surface area contributed by atoms with Gasteiger partial charge in [-0.15, -0.1) is 11.5 Å². The zero-order valence-corrected chi connectivity index (χ0v) is 25.8. The van der Waals surface area contributed by atoms with Gasteiger partial charge in [-0.3, -0.25) is 14.5 Å². The largest absolute Gasteiger partial charge is 0.379 e. The van der Waals surface area contributed by atoms with Crippen LogP contribution in [-0.2, 0) is 23.1 Å². The van der Waals surface area contributed by atoms with Crippen molar-refractivity contribution >= 4 is 23.1 Å². The molecule has 2 aromatic heterocycles. The third kappa shape index (κ3) is 7.51. The van der Waals surface area contributed by atoms with Crippen molar-refractivity contribution in [3.8, 4) is 23.5 Å². The molecule has 44 heavy (non-hydrogen) atoms. The lowest BCUT2D eigenvalue weighted by molar-refractivity contribution is -0.112. The average Bonchev–Trinajstić information content (AvgIpc) is 3.26. The van der Waals surface area contributed by atoms with Gasteiger partial charge in [-0.05, 0) is 86.6 Å². The van der Waals surface area contributed by atoms with Gasteiger partial charge >= 0.3 is 0 Å². The number of anilines is 3. The van der Waals surface area contributed by atoms with E-state index < -0.39 is 0 Å². The predicted molar refractivity (Wildman–Crippen MR) is 175 cm³/mol. The lowest BCUT2D eigenvalue weighted by Gasteiger charge is -2.25. The number of pyridine rings is 1. The lowest BCUT2D eigenvalue weighted by Crippen LogP contribution is -2.35. The molecule has 0 bridgehead atoms. The highest BCUT2D eigenvalue weighted by molar-refractivity contribution is 6.04. The van der Waals surface area contributed by atoms with Crippen LogP contribution in [-0.4, -0.2) is 51.9 Å². The van der Waals surface area contributed by atoms with E-state index >= 15 is 0 Å². The highest BCUT2D eigenvalue weighted by atomic mass is 16.5. The van der Waals surface area contributed by atoms with Gasteiger partial charge in [0.05, 0.1) is 18.9 Å². The molecular formula is C35H40N6O3. The first-order valence-corrected chi connectivity index (χ1v) is 15.2. The van der Waals surface area contributed by atoms with Crippen molar-refractivity contribution in [3.05, 3.63) is 87.0 Å². The fraction of sp³-hybridized carbons (Fsp3) is 0.371. The Kier molecular flexibility index (Phi) is 10.1. The van der Waals surface area contributed by atoms with Crippen molar-refractivity contribution < 1.29 is 9.53 Å². The number of ether oxygens (including phenoxy) is 1. The number of carbonyl (C=O) groups is 1. The monoisotopic (exact) mass is 592 g/mol. The number of nitrogens with zero attached hydrogens (tertiary/aromatic N) is 4. The molecule has 1 saturated heterocycles. The maximum atomic E-state index is 13.2.